The minimum absolute atomic E-state index is 0.329. The molecule has 182 valence electrons. The van der Waals surface area contributed by atoms with Crippen molar-refractivity contribution in [2.24, 2.45) is 5.10 Å². The van der Waals surface area contributed by atoms with Crippen LogP contribution in [0.15, 0.2) is 70.2 Å². The fourth-order valence-electron chi connectivity index (χ4n) is 2.92. The molecule has 0 fully saturated rings. The number of hydrogen-bond acceptors (Lipinski definition) is 5. The van der Waals surface area contributed by atoms with Crippen LogP contribution >= 0.6 is 39.1 Å². The van der Waals surface area contributed by atoms with Crippen molar-refractivity contribution in [2.75, 3.05) is 11.9 Å². The minimum Gasteiger partial charge on any atom is -0.490 e. The third-order valence-electron chi connectivity index (χ3n) is 4.50. The van der Waals surface area contributed by atoms with Crippen LogP contribution in [-0.4, -0.2) is 24.6 Å². The van der Waals surface area contributed by atoms with E-state index < -0.39 is 18.2 Å². The second-order valence-corrected chi connectivity index (χ2v) is 8.87. The summed E-state index contributed by atoms with van der Waals surface area (Å²) in [5.74, 6) is -0.0193. The standard InChI is InChI=1S/C25H22BrCl2N3O4/c1-2-34-22-12-17(11-19(26)25(22)35-15-16-7-9-18(27)10-8-16)14-29-31-24(33)13-23(32)30-21-6-4-3-5-20(21)28/h3-12,14H,2,13,15H2,1H3,(H,30,32)(H,31,33). The van der Waals surface area contributed by atoms with Crippen LogP contribution in [0.3, 0.4) is 0 Å². The van der Waals surface area contributed by atoms with Crippen LogP contribution in [0.2, 0.25) is 10.0 Å². The highest BCUT2D eigenvalue weighted by molar-refractivity contribution is 9.10. The maximum atomic E-state index is 12.1. The second kappa shape index (κ2) is 13.1. The second-order valence-electron chi connectivity index (χ2n) is 7.18. The monoisotopic (exact) mass is 577 g/mol. The van der Waals surface area contributed by atoms with Gasteiger partial charge in [-0.25, -0.2) is 5.43 Å². The Kier molecular flexibility index (Phi) is 9.96. The lowest BCUT2D eigenvalue weighted by molar-refractivity contribution is -0.126. The third-order valence-corrected chi connectivity index (χ3v) is 5.67. The number of amides is 2. The number of rotatable bonds is 10. The molecule has 0 atom stereocenters. The summed E-state index contributed by atoms with van der Waals surface area (Å²) in [5.41, 5.74) is 4.38. The summed E-state index contributed by atoms with van der Waals surface area (Å²) in [4.78, 5) is 24.1. The summed E-state index contributed by atoms with van der Waals surface area (Å²) in [6.07, 6.45) is 1.04. The molecule has 0 saturated carbocycles. The molecule has 0 aliphatic rings. The maximum absolute atomic E-state index is 12.1. The first kappa shape index (κ1) is 26.5. The van der Waals surface area contributed by atoms with Crippen molar-refractivity contribution in [3.05, 3.63) is 86.3 Å². The molecule has 0 saturated heterocycles. The van der Waals surface area contributed by atoms with E-state index in [0.29, 0.717) is 50.5 Å². The molecule has 0 heterocycles. The van der Waals surface area contributed by atoms with Crippen molar-refractivity contribution in [3.8, 4) is 11.5 Å². The zero-order chi connectivity index (χ0) is 25.2. The van der Waals surface area contributed by atoms with Gasteiger partial charge in [-0.05, 0) is 70.4 Å². The number of anilines is 1. The van der Waals surface area contributed by atoms with Gasteiger partial charge in [-0.1, -0.05) is 47.5 Å². The topological polar surface area (TPSA) is 89.0 Å². The van der Waals surface area contributed by atoms with Crippen molar-refractivity contribution < 1.29 is 19.1 Å². The summed E-state index contributed by atoms with van der Waals surface area (Å²) < 4.78 is 12.3. The Labute approximate surface area is 221 Å². The van der Waals surface area contributed by atoms with Gasteiger partial charge in [0.2, 0.25) is 11.8 Å². The molecule has 0 aliphatic heterocycles. The molecule has 0 aromatic heterocycles. The van der Waals surface area contributed by atoms with Crippen LogP contribution < -0.4 is 20.2 Å². The van der Waals surface area contributed by atoms with E-state index in [1.807, 2.05) is 19.1 Å². The minimum atomic E-state index is -0.571. The Hall–Kier alpha value is -3.07. The van der Waals surface area contributed by atoms with Gasteiger partial charge >= 0.3 is 0 Å². The first-order valence-electron chi connectivity index (χ1n) is 10.6. The van der Waals surface area contributed by atoms with Gasteiger partial charge in [0, 0.05) is 5.02 Å². The lowest BCUT2D eigenvalue weighted by atomic mass is 10.2. The summed E-state index contributed by atoms with van der Waals surface area (Å²) in [7, 11) is 0. The largest absolute Gasteiger partial charge is 0.490 e. The number of benzene rings is 3. The highest BCUT2D eigenvalue weighted by Gasteiger charge is 2.13. The van der Waals surface area contributed by atoms with E-state index in [1.165, 1.54) is 6.21 Å². The van der Waals surface area contributed by atoms with E-state index in [1.54, 1.807) is 48.5 Å². The van der Waals surface area contributed by atoms with Crippen molar-refractivity contribution in [2.45, 2.75) is 20.0 Å². The molecule has 0 aliphatic carbocycles. The normalized spacial score (nSPS) is 10.7. The van der Waals surface area contributed by atoms with E-state index in [0.717, 1.165) is 5.56 Å². The molecule has 3 aromatic carbocycles. The number of nitrogens with one attached hydrogen (secondary N) is 2. The number of nitrogens with zero attached hydrogens (tertiary/aromatic N) is 1. The number of carbonyl (C=O) groups excluding carboxylic acids is 2. The summed E-state index contributed by atoms with van der Waals surface area (Å²) >= 11 is 15.4. The van der Waals surface area contributed by atoms with Gasteiger partial charge in [-0.3, -0.25) is 9.59 Å². The Bertz CT molecular complexity index is 1220. The van der Waals surface area contributed by atoms with Gasteiger partial charge in [0.15, 0.2) is 11.5 Å². The van der Waals surface area contributed by atoms with Crippen LogP contribution in [0.5, 0.6) is 11.5 Å². The summed E-state index contributed by atoms with van der Waals surface area (Å²) in [5, 5.41) is 7.56. The molecule has 3 aromatic rings. The number of ether oxygens (including phenoxy) is 2. The molecule has 10 heteroatoms. The fourth-order valence-corrected chi connectivity index (χ4v) is 3.81. The molecular weight excluding hydrogens is 557 g/mol. The van der Waals surface area contributed by atoms with Gasteiger partial charge < -0.3 is 14.8 Å². The number of halogens is 3. The van der Waals surface area contributed by atoms with Crippen LogP contribution in [0.25, 0.3) is 0 Å². The van der Waals surface area contributed by atoms with Gasteiger partial charge in [0.1, 0.15) is 13.0 Å². The van der Waals surface area contributed by atoms with E-state index in [-0.39, 0.29) is 0 Å². The first-order chi connectivity index (χ1) is 16.9. The number of carbonyl (C=O) groups is 2. The van der Waals surface area contributed by atoms with Gasteiger partial charge in [-0.2, -0.15) is 5.10 Å². The van der Waals surface area contributed by atoms with Crippen molar-refractivity contribution in [1.29, 1.82) is 0 Å². The predicted molar refractivity (Wildman–Crippen MR) is 142 cm³/mol. The van der Waals surface area contributed by atoms with Crippen molar-refractivity contribution >= 4 is 62.8 Å². The number of hydrogen-bond donors (Lipinski definition) is 2. The first-order valence-corrected chi connectivity index (χ1v) is 12.1. The zero-order valence-corrected chi connectivity index (χ0v) is 21.8. The van der Waals surface area contributed by atoms with Gasteiger partial charge in [-0.15, -0.1) is 0 Å². The molecular formula is C25H22BrCl2N3O4. The van der Waals surface area contributed by atoms with Crippen LogP contribution in [0.4, 0.5) is 5.69 Å². The molecule has 35 heavy (non-hydrogen) atoms. The lowest BCUT2D eigenvalue weighted by Crippen LogP contribution is -2.24. The third kappa shape index (κ3) is 8.28. The summed E-state index contributed by atoms with van der Waals surface area (Å²) in [6, 6.07) is 17.6. The highest BCUT2D eigenvalue weighted by Crippen LogP contribution is 2.37. The quantitative estimate of drug-likeness (QED) is 0.170. The van der Waals surface area contributed by atoms with E-state index in [4.69, 9.17) is 32.7 Å². The Morgan fingerprint density at radius 2 is 1.77 bits per heavy atom. The molecule has 0 bridgehead atoms. The van der Waals surface area contributed by atoms with Crippen molar-refractivity contribution in [1.82, 2.24) is 5.43 Å². The highest BCUT2D eigenvalue weighted by atomic mass is 79.9. The van der Waals surface area contributed by atoms with Crippen molar-refractivity contribution in [3.63, 3.8) is 0 Å². The number of hydrazone groups is 1. The number of para-hydroxylation sites is 1. The fraction of sp³-hybridized carbons (Fsp3) is 0.160. The van der Waals surface area contributed by atoms with Gasteiger partial charge in [0.25, 0.3) is 0 Å². The molecule has 2 N–H and O–H groups in total. The lowest BCUT2D eigenvalue weighted by Gasteiger charge is -2.14. The van der Waals surface area contributed by atoms with Gasteiger partial charge in [0.05, 0.1) is 28.0 Å². The SMILES string of the molecule is CCOc1cc(C=NNC(=O)CC(=O)Nc2ccccc2Cl)cc(Br)c1OCc1ccc(Cl)cc1. The smallest absolute Gasteiger partial charge is 0.249 e. The average molecular weight is 579 g/mol. The van der Waals surface area contributed by atoms with E-state index in [2.05, 4.69) is 31.8 Å². The average Bonchev–Trinajstić information content (AvgIpc) is 2.81. The molecule has 7 nitrogen and oxygen atoms in total. The van der Waals surface area contributed by atoms with Crippen LogP contribution in [0, 0.1) is 0 Å². The molecule has 3 rings (SSSR count). The molecule has 2 amide bonds. The Balaban J connectivity index is 1.60. The van der Waals surface area contributed by atoms with Crippen LogP contribution in [-0.2, 0) is 16.2 Å². The zero-order valence-electron chi connectivity index (χ0n) is 18.7. The molecule has 0 spiro atoms. The molecule has 0 unspecified atom stereocenters. The Morgan fingerprint density at radius 1 is 1.03 bits per heavy atom. The summed E-state index contributed by atoms with van der Waals surface area (Å²) in [6.45, 7) is 2.63. The maximum Gasteiger partial charge on any atom is 0.249 e. The Morgan fingerprint density at radius 3 is 2.49 bits per heavy atom. The van der Waals surface area contributed by atoms with E-state index in [9.17, 15) is 9.59 Å². The van der Waals surface area contributed by atoms with Crippen LogP contribution in [0.1, 0.15) is 24.5 Å². The predicted octanol–water partition coefficient (Wildman–Crippen LogP) is 6.21. The van der Waals surface area contributed by atoms with E-state index >= 15 is 0 Å². The molecule has 0 radical (unpaired) electrons.